The van der Waals surface area contributed by atoms with E-state index < -0.39 is 12.0 Å². The molecule has 0 aromatic carbocycles. The molecule has 0 aliphatic carbocycles. The van der Waals surface area contributed by atoms with E-state index in [1.807, 2.05) is 0 Å². The molecule has 0 aromatic heterocycles. The van der Waals surface area contributed by atoms with E-state index >= 15 is 0 Å². The summed E-state index contributed by atoms with van der Waals surface area (Å²) in [5.41, 5.74) is 10.4. The molecule has 6 heteroatoms. The van der Waals surface area contributed by atoms with E-state index in [4.69, 9.17) is 26.2 Å². The van der Waals surface area contributed by atoms with Crippen LogP contribution < -0.4 is 11.5 Å². The third kappa shape index (κ3) is 13.3. The maximum atomic E-state index is 10.1. The molecule has 0 rings (SSSR count). The van der Waals surface area contributed by atoms with Crippen LogP contribution in [0.15, 0.2) is 0 Å². The van der Waals surface area contributed by atoms with Gasteiger partial charge < -0.3 is 16.6 Å². The van der Waals surface area contributed by atoms with Crippen molar-refractivity contribution in [3.63, 3.8) is 0 Å². The summed E-state index contributed by atoms with van der Waals surface area (Å²) in [5, 5.41) is 8.33. The largest absolute Gasteiger partial charge is 0.480 e. The lowest BCUT2D eigenvalue weighted by atomic mass is 10.1. The van der Waals surface area contributed by atoms with Gasteiger partial charge >= 0.3 is 5.97 Å². The molecule has 0 aliphatic rings. The number of aliphatic carboxylic acids is 1. The Balaban J connectivity index is 0. The van der Waals surface area contributed by atoms with Gasteiger partial charge in [0.15, 0.2) is 12.6 Å². The van der Waals surface area contributed by atoms with Crippen LogP contribution in [0.4, 0.5) is 0 Å². The van der Waals surface area contributed by atoms with Gasteiger partial charge in [0.25, 0.3) is 0 Å². The van der Waals surface area contributed by atoms with Crippen LogP contribution in [0.25, 0.3) is 0 Å². The summed E-state index contributed by atoms with van der Waals surface area (Å²) < 4.78 is 0. The van der Waals surface area contributed by atoms with Crippen molar-refractivity contribution in [2.45, 2.75) is 25.3 Å². The highest BCUT2D eigenvalue weighted by molar-refractivity contribution is 6.09. The van der Waals surface area contributed by atoms with Crippen molar-refractivity contribution in [2.24, 2.45) is 11.5 Å². The summed E-state index contributed by atoms with van der Waals surface area (Å²) in [6, 6.07) is -0.716. The van der Waals surface area contributed by atoms with Crippen molar-refractivity contribution < 1.29 is 19.5 Å². The van der Waals surface area contributed by atoms with Crippen LogP contribution in [-0.2, 0) is 14.4 Å². The van der Waals surface area contributed by atoms with Gasteiger partial charge in [0, 0.05) is 0 Å². The number of rotatable bonds is 6. The van der Waals surface area contributed by atoms with Crippen LogP contribution in [0, 0.1) is 0 Å². The molecule has 0 heterocycles. The fourth-order valence-electron chi connectivity index (χ4n) is 0.632. The molecule has 0 fully saturated rings. The SMILES string of the molecule is NCCCC[C@H](N)C(=O)O.O=CC=O. The zero-order valence-electron chi connectivity index (χ0n) is 7.89. The third-order valence-corrected chi connectivity index (χ3v) is 1.34. The van der Waals surface area contributed by atoms with Gasteiger partial charge in [-0.05, 0) is 19.4 Å². The Bertz CT molecular complexity index is 167. The van der Waals surface area contributed by atoms with E-state index in [2.05, 4.69) is 0 Å². The molecule has 6 nitrogen and oxygen atoms in total. The average molecular weight is 204 g/mol. The number of carbonyl (C=O) groups is 3. The number of carboxylic acids is 1. The molecular formula is C8H16N2O4. The van der Waals surface area contributed by atoms with E-state index in [0.29, 0.717) is 13.0 Å². The summed E-state index contributed by atoms with van der Waals surface area (Å²) in [5.74, 6) is -0.933. The molecule has 5 N–H and O–H groups in total. The van der Waals surface area contributed by atoms with Gasteiger partial charge in [0.1, 0.15) is 6.04 Å². The number of carboxylic acid groups (broad SMARTS) is 1. The van der Waals surface area contributed by atoms with Crippen molar-refractivity contribution in [1.29, 1.82) is 0 Å². The minimum atomic E-state index is -0.933. The van der Waals surface area contributed by atoms with E-state index in [1.165, 1.54) is 0 Å². The molecule has 0 spiro atoms. The Kier molecular flexibility index (Phi) is 12.7. The second kappa shape index (κ2) is 11.7. The summed E-state index contributed by atoms with van der Waals surface area (Å²) >= 11 is 0. The zero-order chi connectivity index (χ0) is 11.4. The average Bonchev–Trinajstić information content (AvgIpc) is 2.18. The molecule has 0 unspecified atom stereocenters. The fourth-order valence-corrected chi connectivity index (χ4v) is 0.632. The number of unbranched alkanes of at least 4 members (excludes halogenated alkanes) is 1. The zero-order valence-corrected chi connectivity index (χ0v) is 7.89. The molecular weight excluding hydrogens is 188 g/mol. The van der Waals surface area contributed by atoms with Gasteiger partial charge in [0.2, 0.25) is 0 Å². The van der Waals surface area contributed by atoms with Crippen LogP contribution in [0.1, 0.15) is 19.3 Å². The van der Waals surface area contributed by atoms with Crippen LogP contribution in [0.3, 0.4) is 0 Å². The molecule has 0 amide bonds. The van der Waals surface area contributed by atoms with Gasteiger partial charge in [-0.25, -0.2) is 0 Å². The van der Waals surface area contributed by atoms with Gasteiger partial charge in [-0.2, -0.15) is 0 Å². The van der Waals surface area contributed by atoms with E-state index in [0.717, 1.165) is 12.8 Å². The van der Waals surface area contributed by atoms with E-state index in [1.54, 1.807) is 0 Å². The highest BCUT2D eigenvalue weighted by Crippen LogP contribution is 1.96. The van der Waals surface area contributed by atoms with Gasteiger partial charge in [-0.15, -0.1) is 0 Å². The second-order valence-corrected chi connectivity index (χ2v) is 2.50. The second-order valence-electron chi connectivity index (χ2n) is 2.50. The first-order valence-electron chi connectivity index (χ1n) is 4.17. The first kappa shape index (κ1) is 15.2. The first-order chi connectivity index (χ1) is 6.59. The highest BCUT2D eigenvalue weighted by Gasteiger charge is 2.09. The predicted octanol–water partition coefficient (Wildman–Crippen LogP) is -1.09. The lowest BCUT2D eigenvalue weighted by molar-refractivity contribution is -0.138. The molecule has 14 heavy (non-hydrogen) atoms. The monoisotopic (exact) mass is 204 g/mol. The summed E-state index contributed by atoms with van der Waals surface area (Å²) in [6.45, 7) is 0.604. The summed E-state index contributed by atoms with van der Waals surface area (Å²) in [7, 11) is 0. The van der Waals surface area contributed by atoms with Crippen molar-refractivity contribution in [3.05, 3.63) is 0 Å². The number of nitrogens with two attached hydrogens (primary N) is 2. The molecule has 0 radical (unpaired) electrons. The summed E-state index contributed by atoms with van der Waals surface area (Å²) in [6.07, 6.45) is 2.55. The standard InChI is InChI=1S/C6H14N2O2.C2H2O2/c7-4-2-1-3-5(8)6(9)10;3-1-2-4/h5H,1-4,7-8H2,(H,9,10);1-2H/t5-;/m0./s1. The molecule has 0 saturated heterocycles. The molecule has 82 valence electrons. The molecule has 1 atom stereocenters. The van der Waals surface area contributed by atoms with Crippen molar-refractivity contribution >= 4 is 18.5 Å². The molecule has 0 aliphatic heterocycles. The van der Waals surface area contributed by atoms with E-state index in [-0.39, 0.29) is 12.6 Å². The van der Waals surface area contributed by atoms with E-state index in [9.17, 15) is 4.79 Å². The lowest BCUT2D eigenvalue weighted by Crippen LogP contribution is -2.29. The fraction of sp³-hybridized carbons (Fsp3) is 0.625. The highest BCUT2D eigenvalue weighted by atomic mass is 16.4. The molecule has 0 bridgehead atoms. The first-order valence-corrected chi connectivity index (χ1v) is 4.17. The van der Waals surface area contributed by atoms with Crippen LogP contribution in [0.5, 0.6) is 0 Å². The minimum Gasteiger partial charge on any atom is -0.480 e. The topological polar surface area (TPSA) is 123 Å². The lowest BCUT2D eigenvalue weighted by Gasteiger charge is -2.03. The summed E-state index contributed by atoms with van der Waals surface area (Å²) in [4.78, 5) is 27.7. The Hall–Kier alpha value is -1.27. The number of aldehydes is 2. The van der Waals surface area contributed by atoms with Crippen molar-refractivity contribution in [2.75, 3.05) is 6.54 Å². The van der Waals surface area contributed by atoms with Crippen molar-refractivity contribution in [1.82, 2.24) is 0 Å². The number of carbonyl (C=O) groups excluding carboxylic acids is 2. The van der Waals surface area contributed by atoms with Crippen LogP contribution >= 0.6 is 0 Å². The Morgan fingerprint density at radius 3 is 2.07 bits per heavy atom. The van der Waals surface area contributed by atoms with Crippen molar-refractivity contribution in [3.8, 4) is 0 Å². The van der Waals surface area contributed by atoms with Gasteiger partial charge in [-0.1, -0.05) is 6.42 Å². The third-order valence-electron chi connectivity index (χ3n) is 1.34. The Morgan fingerprint density at radius 2 is 1.79 bits per heavy atom. The molecule has 0 saturated carbocycles. The van der Waals surface area contributed by atoms with Crippen LogP contribution in [0.2, 0.25) is 0 Å². The maximum absolute atomic E-state index is 10.1. The number of hydrogen-bond donors (Lipinski definition) is 3. The van der Waals surface area contributed by atoms with Gasteiger partial charge in [0.05, 0.1) is 0 Å². The predicted molar refractivity (Wildman–Crippen MR) is 50.6 cm³/mol. The molecule has 0 aromatic rings. The normalized spacial score (nSPS) is 10.7. The van der Waals surface area contributed by atoms with Crippen LogP contribution in [-0.4, -0.2) is 36.2 Å². The van der Waals surface area contributed by atoms with Gasteiger partial charge in [-0.3, -0.25) is 14.4 Å². The Labute approximate surface area is 82.3 Å². The maximum Gasteiger partial charge on any atom is 0.320 e. The number of hydrogen-bond acceptors (Lipinski definition) is 5. The Morgan fingerprint density at radius 1 is 1.29 bits per heavy atom. The smallest absolute Gasteiger partial charge is 0.320 e. The quantitative estimate of drug-likeness (QED) is 0.287. The minimum absolute atomic E-state index is 0.194.